The van der Waals surface area contributed by atoms with Crippen molar-refractivity contribution < 1.29 is 37.1 Å². The predicted molar refractivity (Wildman–Crippen MR) is 190 cm³/mol. The molecule has 1 aromatic carbocycles. The van der Waals surface area contributed by atoms with E-state index in [0.717, 1.165) is 60.6 Å². The van der Waals surface area contributed by atoms with Crippen molar-refractivity contribution in [2.24, 2.45) is 5.92 Å². The molecule has 4 bridgehead atoms. The monoisotopic (exact) mass is 739 g/mol. The van der Waals surface area contributed by atoms with Crippen LogP contribution < -0.4 is 15.4 Å². The molecule has 7 rings (SSSR count). The quantitative estimate of drug-likeness (QED) is 0.281. The molecule has 6 aliphatic rings. The van der Waals surface area contributed by atoms with Gasteiger partial charge in [-0.15, -0.1) is 18.3 Å². The van der Waals surface area contributed by atoms with Crippen LogP contribution in [0.4, 0.5) is 4.79 Å². The second kappa shape index (κ2) is 14.3. The van der Waals surface area contributed by atoms with Crippen LogP contribution in [0.25, 0.3) is 6.08 Å². The van der Waals surface area contributed by atoms with Crippen molar-refractivity contribution in [2.75, 3.05) is 6.54 Å². The summed E-state index contributed by atoms with van der Waals surface area (Å²) in [6.45, 7) is 4.38. The first-order chi connectivity index (χ1) is 24.5. The highest BCUT2D eigenvalue weighted by Gasteiger charge is 2.63. The van der Waals surface area contributed by atoms with E-state index < -0.39 is 67.4 Å². The molecule has 3 N–H and O–H groups in total. The average molecular weight is 740 g/mol. The van der Waals surface area contributed by atoms with Crippen LogP contribution in [0, 0.1) is 5.92 Å². The van der Waals surface area contributed by atoms with Crippen LogP contribution in [-0.4, -0.2) is 88.0 Å². The molecule has 0 unspecified atom stereocenters. The van der Waals surface area contributed by atoms with E-state index >= 15 is 0 Å². The van der Waals surface area contributed by atoms with Crippen molar-refractivity contribution in [3.05, 3.63) is 53.6 Å². The molecule has 5 amide bonds. The summed E-state index contributed by atoms with van der Waals surface area (Å²) in [4.78, 5) is 70.5. The normalized spacial score (nSPS) is 30.8. The largest absolute Gasteiger partial charge is 0.444 e. The fraction of sp³-hybridized carbons (Fsp3) is 0.583. The third-order valence-electron chi connectivity index (χ3n) is 10.9. The van der Waals surface area contributed by atoms with E-state index in [4.69, 9.17) is 4.74 Å². The first-order valence-electron chi connectivity index (χ1n) is 18.0. The maximum atomic E-state index is 14.6. The summed E-state index contributed by atoms with van der Waals surface area (Å²) in [6.07, 6.45) is 10.8. The summed E-state index contributed by atoms with van der Waals surface area (Å²) < 4.78 is 33.4. The third kappa shape index (κ3) is 7.41. The van der Waals surface area contributed by atoms with Gasteiger partial charge in [0.1, 0.15) is 18.2 Å². The summed E-state index contributed by atoms with van der Waals surface area (Å²) in [5.41, 5.74) is 3.03. The van der Waals surface area contributed by atoms with Crippen LogP contribution in [0.1, 0.15) is 87.3 Å². The van der Waals surface area contributed by atoms with Crippen molar-refractivity contribution in [1.29, 1.82) is 0 Å². The van der Waals surface area contributed by atoms with Crippen molar-refractivity contribution in [3.8, 4) is 0 Å². The Morgan fingerprint density at radius 2 is 1.84 bits per heavy atom. The minimum absolute atomic E-state index is 0.0368. The summed E-state index contributed by atoms with van der Waals surface area (Å²) >= 11 is 1.05. The second-order valence-corrected chi connectivity index (χ2v) is 17.8. The number of benzene rings is 1. The zero-order valence-electron chi connectivity index (χ0n) is 28.5. The highest BCUT2D eigenvalue weighted by molar-refractivity contribution is 8.10. The molecule has 13 nitrogen and oxygen atoms in total. The number of nitrogens with zero attached hydrogens (tertiary/aromatic N) is 2. The molecule has 5 atom stereocenters. The molecule has 2 aliphatic carbocycles. The molecule has 0 aromatic heterocycles. The first-order valence-corrected chi connectivity index (χ1v) is 20.4. The predicted octanol–water partition coefficient (Wildman–Crippen LogP) is 3.09. The number of carbonyl (C=O) groups excluding carboxylic acids is 5. The number of rotatable bonds is 7. The molecule has 2 saturated heterocycles. The summed E-state index contributed by atoms with van der Waals surface area (Å²) in [5, 5.41) is 4.53. The van der Waals surface area contributed by atoms with Crippen LogP contribution >= 0.6 is 11.8 Å². The van der Waals surface area contributed by atoms with Gasteiger partial charge in [-0.3, -0.25) is 24.1 Å². The minimum Gasteiger partial charge on any atom is -0.444 e. The molecular formula is C36H45N5O8S2. The fourth-order valence-corrected chi connectivity index (χ4v) is 10.3. The van der Waals surface area contributed by atoms with E-state index in [-0.39, 0.29) is 31.2 Å². The van der Waals surface area contributed by atoms with Gasteiger partial charge in [0.25, 0.3) is 5.91 Å². The van der Waals surface area contributed by atoms with Crippen molar-refractivity contribution in [2.45, 2.75) is 117 Å². The van der Waals surface area contributed by atoms with Crippen LogP contribution in [0.2, 0.25) is 0 Å². The number of hydrogen-bond acceptors (Lipinski definition) is 9. The standard InChI is InChI=1S/C36H45N5O8S2/c1-2-29-36(50-29,34(45)39-51(47,48)26-16-17-26)38-32(43)28-18-25-20-41(28)33(44)31(23-11-6-3-7-12-23)37-30(42)15-8-4-5-10-22-13-9-14-24-19-40(21-27(22)24)35(46)49-25/h2,5,9-10,13-14,23,25-26,28-29,31H,1,3-4,6-8,11-12,15-21H2,(H,37,42)(H,38,43)(H,39,45)/b10-5+/t25-,28+,29+,31+,36+/m1/s1. The summed E-state index contributed by atoms with van der Waals surface area (Å²) in [7, 11) is -3.90. The van der Waals surface area contributed by atoms with E-state index in [1.165, 1.54) is 11.0 Å². The summed E-state index contributed by atoms with van der Waals surface area (Å²) in [6, 6.07) is 3.89. The topological polar surface area (TPSA) is 171 Å². The third-order valence-corrected chi connectivity index (χ3v) is 14.2. The van der Waals surface area contributed by atoms with Gasteiger partial charge in [-0.2, -0.15) is 0 Å². The highest BCUT2D eigenvalue weighted by Crippen LogP contribution is 2.53. The number of hydrogen-bond donors (Lipinski definition) is 3. The average Bonchev–Trinajstić information content (AvgIpc) is 4.01. The lowest BCUT2D eigenvalue weighted by molar-refractivity contribution is -0.143. The minimum atomic E-state index is -3.90. The van der Waals surface area contributed by atoms with Crippen LogP contribution in [-0.2, 0) is 47.0 Å². The second-order valence-electron chi connectivity index (χ2n) is 14.5. The molecule has 0 spiro atoms. The smallest absolute Gasteiger partial charge is 0.410 e. The number of fused-ring (bicyclic) bond motifs is 3. The zero-order valence-corrected chi connectivity index (χ0v) is 30.1. The molecule has 2 saturated carbocycles. The van der Waals surface area contributed by atoms with Crippen LogP contribution in [0.15, 0.2) is 36.9 Å². The van der Waals surface area contributed by atoms with E-state index in [1.54, 1.807) is 4.90 Å². The number of amides is 5. The lowest BCUT2D eigenvalue weighted by Gasteiger charge is -2.34. The van der Waals surface area contributed by atoms with Gasteiger partial charge in [-0.05, 0) is 61.1 Å². The molecule has 4 heterocycles. The van der Waals surface area contributed by atoms with Gasteiger partial charge in [-0.25, -0.2) is 17.9 Å². The van der Waals surface area contributed by atoms with Crippen LogP contribution in [0.5, 0.6) is 0 Å². The van der Waals surface area contributed by atoms with E-state index in [9.17, 15) is 32.4 Å². The van der Waals surface area contributed by atoms with Gasteiger partial charge in [0, 0.05) is 19.4 Å². The van der Waals surface area contributed by atoms with Gasteiger partial charge in [0.15, 0.2) is 4.87 Å². The number of nitrogens with one attached hydrogen (secondary N) is 3. The van der Waals surface area contributed by atoms with Gasteiger partial charge < -0.3 is 20.3 Å². The number of thioether (sulfide) groups is 1. The Bertz CT molecular complexity index is 1760. The summed E-state index contributed by atoms with van der Waals surface area (Å²) in [5.74, 6) is -2.37. The van der Waals surface area contributed by atoms with Crippen molar-refractivity contribution >= 4 is 57.6 Å². The van der Waals surface area contributed by atoms with E-state index in [0.29, 0.717) is 38.8 Å². The molecule has 51 heavy (non-hydrogen) atoms. The molecule has 4 fully saturated rings. The number of sulfonamides is 1. The molecule has 15 heteroatoms. The first kappa shape index (κ1) is 35.5. The van der Waals surface area contributed by atoms with Gasteiger partial charge in [0.2, 0.25) is 27.7 Å². The van der Waals surface area contributed by atoms with E-state index in [2.05, 4.69) is 21.9 Å². The van der Waals surface area contributed by atoms with E-state index in [1.807, 2.05) is 30.4 Å². The Labute approximate surface area is 302 Å². The van der Waals surface area contributed by atoms with Gasteiger partial charge in [0.05, 0.1) is 23.6 Å². The van der Waals surface area contributed by atoms with Crippen molar-refractivity contribution in [1.82, 2.24) is 25.2 Å². The molecular weight excluding hydrogens is 695 g/mol. The van der Waals surface area contributed by atoms with Crippen molar-refractivity contribution in [3.63, 3.8) is 0 Å². The highest BCUT2D eigenvalue weighted by atomic mass is 32.2. The Morgan fingerprint density at radius 1 is 1.06 bits per heavy atom. The Kier molecular flexibility index (Phi) is 9.96. The molecule has 1 aromatic rings. The number of carbonyl (C=O) groups is 5. The Hall–Kier alpha value is -3.85. The molecule has 0 radical (unpaired) electrons. The molecule has 4 aliphatic heterocycles. The maximum Gasteiger partial charge on any atom is 0.410 e. The fourth-order valence-electron chi connectivity index (χ4n) is 7.84. The van der Waals surface area contributed by atoms with Crippen LogP contribution in [0.3, 0.4) is 0 Å². The zero-order chi connectivity index (χ0) is 35.9. The SMILES string of the molecule is C=C[C@@H]1S[C@]1(NC(=O)[C@@H]1C[C@@H]2CN1C(=O)[C@H](C1CCCCC1)NC(=O)CCC/C=C/c1cccc3c1CN(C3)C(=O)O2)C(=O)NS(=O)(=O)C1CC1. The molecule has 274 valence electrons. The lowest BCUT2D eigenvalue weighted by Crippen LogP contribution is -2.59. The number of allylic oxidation sites excluding steroid dienone is 1. The number of ether oxygens (including phenoxy) is 1. The Morgan fingerprint density at radius 3 is 2.57 bits per heavy atom. The maximum absolute atomic E-state index is 14.6. The lowest BCUT2D eigenvalue weighted by atomic mass is 9.83. The Balaban J connectivity index is 1.17. The van der Waals surface area contributed by atoms with Gasteiger partial charge in [-0.1, -0.05) is 55.7 Å². The van der Waals surface area contributed by atoms with Gasteiger partial charge >= 0.3 is 6.09 Å².